The van der Waals surface area contributed by atoms with Gasteiger partial charge >= 0.3 is 0 Å². The van der Waals surface area contributed by atoms with Gasteiger partial charge in [0, 0.05) is 55.7 Å². The maximum atomic E-state index is 4.60. The Morgan fingerprint density at radius 3 is 2.86 bits per heavy atom. The van der Waals surface area contributed by atoms with Gasteiger partial charge in [0.15, 0.2) is 0 Å². The molecule has 1 atom stereocenters. The molecule has 5 nitrogen and oxygen atoms in total. The molecule has 118 valence electrons. The van der Waals surface area contributed by atoms with Crippen molar-refractivity contribution in [2.75, 3.05) is 18.0 Å². The largest absolute Gasteiger partial charge is 0.356 e. The van der Waals surface area contributed by atoms with Crippen LogP contribution in [0, 0.1) is 0 Å². The molecule has 0 radical (unpaired) electrons. The van der Waals surface area contributed by atoms with Gasteiger partial charge in [0.25, 0.3) is 0 Å². The summed E-state index contributed by atoms with van der Waals surface area (Å²) < 4.78 is 1.97. The molecule has 3 rings (SSSR count). The lowest BCUT2D eigenvalue weighted by molar-refractivity contribution is 0.571. The summed E-state index contributed by atoms with van der Waals surface area (Å²) in [5, 5.41) is 7.94. The standard InChI is InChI=1S/C17H25N5/c1-3-22-13-16(12-20-22)14(2)19-11-15-7-6-8-18-17(15)21-9-4-5-10-21/h6-8,12-14,19H,3-5,9-11H2,1-2H3. The highest BCUT2D eigenvalue weighted by molar-refractivity contribution is 5.47. The zero-order valence-electron chi connectivity index (χ0n) is 13.5. The van der Waals surface area contributed by atoms with Crippen molar-refractivity contribution in [1.29, 1.82) is 0 Å². The second kappa shape index (κ2) is 6.92. The summed E-state index contributed by atoms with van der Waals surface area (Å²) in [6, 6.07) is 4.48. The van der Waals surface area contributed by atoms with Crippen LogP contribution in [0.15, 0.2) is 30.7 Å². The van der Waals surface area contributed by atoms with Crippen LogP contribution in [0.1, 0.15) is 43.9 Å². The van der Waals surface area contributed by atoms with E-state index in [0.717, 1.165) is 32.0 Å². The van der Waals surface area contributed by atoms with E-state index in [0.29, 0.717) is 0 Å². The highest BCUT2D eigenvalue weighted by Gasteiger charge is 2.17. The molecule has 2 aromatic heterocycles. The van der Waals surface area contributed by atoms with E-state index in [9.17, 15) is 0 Å². The average Bonchev–Trinajstić information content (AvgIpc) is 3.24. The van der Waals surface area contributed by atoms with Crippen LogP contribution in [-0.2, 0) is 13.1 Å². The highest BCUT2D eigenvalue weighted by Crippen LogP contribution is 2.22. The predicted octanol–water partition coefficient (Wildman–Crippen LogP) is 2.75. The molecule has 0 saturated carbocycles. The van der Waals surface area contributed by atoms with Crippen molar-refractivity contribution >= 4 is 5.82 Å². The molecule has 3 heterocycles. The van der Waals surface area contributed by atoms with E-state index in [1.54, 1.807) is 0 Å². The van der Waals surface area contributed by atoms with E-state index >= 15 is 0 Å². The smallest absolute Gasteiger partial charge is 0.133 e. The average molecular weight is 299 g/mol. The number of hydrogen-bond donors (Lipinski definition) is 1. The van der Waals surface area contributed by atoms with E-state index < -0.39 is 0 Å². The van der Waals surface area contributed by atoms with Crippen molar-refractivity contribution in [3.63, 3.8) is 0 Å². The van der Waals surface area contributed by atoms with Crippen molar-refractivity contribution in [1.82, 2.24) is 20.1 Å². The van der Waals surface area contributed by atoms with Gasteiger partial charge in [-0.15, -0.1) is 0 Å². The molecule has 1 N–H and O–H groups in total. The lowest BCUT2D eigenvalue weighted by atomic mass is 10.1. The van der Waals surface area contributed by atoms with Gasteiger partial charge in [-0.25, -0.2) is 4.98 Å². The van der Waals surface area contributed by atoms with E-state index in [4.69, 9.17) is 0 Å². The zero-order valence-corrected chi connectivity index (χ0v) is 13.5. The Bertz CT molecular complexity index is 601. The molecule has 2 aromatic rings. The van der Waals surface area contributed by atoms with Crippen LogP contribution < -0.4 is 10.2 Å². The monoisotopic (exact) mass is 299 g/mol. The second-order valence-corrected chi connectivity index (χ2v) is 5.91. The lowest BCUT2D eigenvalue weighted by Crippen LogP contribution is -2.24. The third-order valence-electron chi connectivity index (χ3n) is 4.35. The Labute approximate surface area is 132 Å². The van der Waals surface area contributed by atoms with Crippen LogP contribution in [-0.4, -0.2) is 27.9 Å². The molecule has 1 aliphatic heterocycles. The van der Waals surface area contributed by atoms with E-state index in [-0.39, 0.29) is 6.04 Å². The summed E-state index contributed by atoms with van der Waals surface area (Å²) >= 11 is 0. The normalized spacial score (nSPS) is 16.2. The molecular formula is C17H25N5. The molecule has 1 saturated heterocycles. The van der Waals surface area contributed by atoms with Gasteiger partial charge in [0.2, 0.25) is 0 Å². The van der Waals surface area contributed by atoms with Gasteiger partial charge in [-0.3, -0.25) is 4.68 Å². The molecule has 1 fully saturated rings. The Morgan fingerprint density at radius 2 is 2.14 bits per heavy atom. The van der Waals surface area contributed by atoms with E-state index in [1.807, 2.05) is 23.1 Å². The number of nitrogens with zero attached hydrogens (tertiary/aromatic N) is 4. The first-order valence-electron chi connectivity index (χ1n) is 8.22. The van der Waals surface area contributed by atoms with Crippen LogP contribution in [0.3, 0.4) is 0 Å². The van der Waals surface area contributed by atoms with Crippen molar-refractivity contribution in [3.8, 4) is 0 Å². The first-order valence-corrected chi connectivity index (χ1v) is 8.22. The fourth-order valence-corrected chi connectivity index (χ4v) is 2.94. The first kappa shape index (κ1) is 15.0. The summed E-state index contributed by atoms with van der Waals surface area (Å²) in [4.78, 5) is 7.00. The number of rotatable bonds is 6. The number of aromatic nitrogens is 3. The molecule has 5 heteroatoms. The zero-order chi connectivity index (χ0) is 15.4. The Balaban J connectivity index is 1.65. The van der Waals surface area contributed by atoms with Crippen LogP contribution in [0.2, 0.25) is 0 Å². The summed E-state index contributed by atoms with van der Waals surface area (Å²) in [5.74, 6) is 1.14. The Kier molecular flexibility index (Phi) is 4.73. The quantitative estimate of drug-likeness (QED) is 0.891. The molecule has 0 spiro atoms. The summed E-state index contributed by atoms with van der Waals surface area (Å²) in [6.07, 6.45) is 8.51. The third kappa shape index (κ3) is 3.30. The topological polar surface area (TPSA) is 46.0 Å². The Morgan fingerprint density at radius 1 is 1.32 bits per heavy atom. The van der Waals surface area contributed by atoms with Gasteiger partial charge in [-0.2, -0.15) is 5.10 Å². The van der Waals surface area contributed by atoms with Gasteiger partial charge < -0.3 is 10.2 Å². The summed E-state index contributed by atoms with van der Waals surface area (Å²) in [7, 11) is 0. The van der Waals surface area contributed by atoms with Crippen molar-refractivity contribution in [2.45, 2.75) is 45.8 Å². The molecule has 0 bridgehead atoms. The number of nitrogens with one attached hydrogen (secondary N) is 1. The Hall–Kier alpha value is -1.88. The minimum absolute atomic E-state index is 0.284. The van der Waals surface area contributed by atoms with E-state index in [1.165, 1.54) is 24.0 Å². The minimum atomic E-state index is 0.284. The van der Waals surface area contributed by atoms with Crippen LogP contribution >= 0.6 is 0 Å². The molecule has 0 aromatic carbocycles. The second-order valence-electron chi connectivity index (χ2n) is 5.91. The lowest BCUT2D eigenvalue weighted by Gasteiger charge is -2.21. The molecule has 22 heavy (non-hydrogen) atoms. The fraction of sp³-hybridized carbons (Fsp3) is 0.529. The maximum absolute atomic E-state index is 4.60. The van der Waals surface area contributed by atoms with Crippen molar-refractivity contribution in [3.05, 3.63) is 41.9 Å². The number of aryl methyl sites for hydroxylation is 1. The van der Waals surface area contributed by atoms with Crippen LogP contribution in [0.5, 0.6) is 0 Å². The first-order chi connectivity index (χ1) is 10.8. The van der Waals surface area contributed by atoms with Crippen molar-refractivity contribution in [2.24, 2.45) is 0 Å². The summed E-state index contributed by atoms with van der Waals surface area (Å²) in [5.41, 5.74) is 2.51. The van der Waals surface area contributed by atoms with Crippen LogP contribution in [0.25, 0.3) is 0 Å². The predicted molar refractivity (Wildman–Crippen MR) is 88.8 cm³/mol. The molecule has 1 unspecified atom stereocenters. The molecular weight excluding hydrogens is 274 g/mol. The maximum Gasteiger partial charge on any atom is 0.133 e. The van der Waals surface area contributed by atoms with Gasteiger partial charge in [-0.1, -0.05) is 6.07 Å². The molecule has 1 aliphatic rings. The third-order valence-corrected chi connectivity index (χ3v) is 4.35. The number of anilines is 1. The minimum Gasteiger partial charge on any atom is -0.356 e. The molecule has 0 amide bonds. The van der Waals surface area contributed by atoms with Gasteiger partial charge in [-0.05, 0) is 32.8 Å². The summed E-state index contributed by atoms with van der Waals surface area (Å²) in [6.45, 7) is 8.29. The number of hydrogen-bond acceptors (Lipinski definition) is 4. The van der Waals surface area contributed by atoms with E-state index in [2.05, 4.69) is 46.4 Å². The van der Waals surface area contributed by atoms with Crippen molar-refractivity contribution < 1.29 is 0 Å². The number of pyridine rings is 1. The molecule has 0 aliphatic carbocycles. The van der Waals surface area contributed by atoms with Crippen LogP contribution in [0.4, 0.5) is 5.82 Å². The highest BCUT2D eigenvalue weighted by atomic mass is 15.3. The van der Waals surface area contributed by atoms with Gasteiger partial charge in [0.1, 0.15) is 5.82 Å². The SMILES string of the molecule is CCn1cc(C(C)NCc2cccnc2N2CCCC2)cn1. The van der Waals surface area contributed by atoms with Gasteiger partial charge in [0.05, 0.1) is 6.20 Å². The fourth-order valence-electron chi connectivity index (χ4n) is 2.94.